The monoisotopic (exact) mass is 302 g/mol. The van der Waals surface area contributed by atoms with Crippen molar-refractivity contribution in [1.29, 1.82) is 0 Å². The Kier molecular flexibility index (Phi) is 9.90. The molecule has 0 unspecified atom stereocenters. The van der Waals surface area contributed by atoms with E-state index in [-0.39, 0.29) is 0 Å². The van der Waals surface area contributed by atoms with E-state index in [0.29, 0.717) is 12.0 Å². The van der Waals surface area contributed by atoms with E-state index in [1.807, 2.05) is 0 Å². The smallest absolute Gasteiger partial charge is 0.0720 e. The van der Waals surface area contributed by atoms with Crippen molar-refractivity contribution in [3.05, 3.63) is 47.5 Å². The Morgan fingerprint density at radius 2 is 1.64 bits per heavy atom. The lowest BCUT2D eigenvalue weighted by Crippen LogP contribution is -2.23. The molecule has 0 fully saturated rings. The van der Waals surface area contributed by atoms with Gasteiger partial charge in [0, 0.05) is 5.92 Å². The van der Waals surface area contributed by atoms with Gasteiger partial charge in [-0.1, -0.05) is 81.5 Å². The number of allylic oxidation sites excluding steroid dienone is 1. The Balaban J connectivity index is 2.71. The van der Waals surface area contributed by atoms with Crippen LogP contribution in [0.15, 0.2) is 42.0 Å². The van der Waals surface area contributed by atoms with Crippen LogP contribution in [0.2, 0.25) is 0 Å². The molecule has 0 amide bonds. The molecule has 0 aliphatic heterocycles. The fraction of sp³-hybridized carbons (Fsp3) is 0.619. The average Bonchev–Trinajstić information content (AvgIpc) is 2.52. The van der Waals surface area contributed by atoms with E-state index in [1.54, 1.807) is 0 Å². The molecule has 0 heterocycles. The summed E-state index contributed by atoms with van der Waals surface area (Å²) in [4.78, 5) is 0. The molecule has 0 saturated carbocycles. The minimum absolute atomic E-state index is 0.349. The van der Waals surface area contributed by atoms with Gasteiger partial charge in [0.15, 0.2) is 0 Å². The first-order valence-electron chi connectivity index (χ1n) is 8.97. The molecule has 0 aliphatic carbocycles. The van der Waals surface area contributed by atoms with Crippen LogP contribution in [0.4, 0.5) is 0 Å². The standard InChI is InChI=1S/C21H34O/c1-5-7-14-20(16-18(3)4)21(15-8-6-2)22-17-19-12-10-9-11-13-19/h9-13,16,20-21H,5-8,14-15,17H2,1-4H3/t20-,21+/m1/s1. The van der Waals surface area contributed by atoms with E-state index in [2.05, 4.69) is 64.1 Å². The van der Waals surface area contributed by atoms with E-state index < -0.39 is 0 Å². The summed E-state index contributed by atoms with van der Waals surface area (Å²) in [6, 6.07) is 10.5. The van der Waals surface area contributed by atoms with E-state index >= 15 is 0 Å². The Morgan fingerprint density at radius 1 is 1.00 bits per heavy atom. The maximum atomic E-state index is 6.35. The third-order valence-corrected chi connectivity index (χ3v) is 4.07. The van der Waals surface area contributed by atoms with Crippen molar-refractivity contribution in [2.75, 3.05) is 0 Å². The summed E-state index contributed by atoms with van der Waals surface area (Å²) in [6.07, 6.45) is 10.2. The lowest BCUT2D eigenvalue weighted by atomic mass is 9.90. The maximum absolute atomic E-state index is 6.35. The molecule has 1 nitrogen and oxygen atoms in total. The molecule has 0 aliphatic rings. The lowest BCUT2D eigenvalue weighted by Gasteiger charge is -2.26. The van der Waals surface area contributed by atoms with E-state index in [1.165, 1.54) is 49.7 Å². The highest BCUT2D eigenvalue weighted by Gasteiger charge is 2.19. The lowest BCUT2D eigenvalue weighted by molar-refractivity contribution is 0.00409. The van der Waals surface area contributed by atoms with Crippen molar-refractivity contribution in [2.45, 2.75) is 78.9 Å². The average molecular weight is 303 g/mol. The van der Waals surface area contributed by atoms with E-state index in [9.17, 15) is 0 Å². The van der Waals surface area contributed by atoms with Crippen molar-refractivity contribution >= 4 is 0 Å². The Hall–Kier alpha value is -1.08. The van der Waals surface area contributed by atoms with Gasteiger partial charge in [-0.3, -0.25) is 0 Å². The predicted octanol–water partition coefficient (Wildman–Crippen LogP) is 6.53. The van der Waals surface area contributed by atoms with Gasteiger partial charge >= 0.3 is 0 Å². The molecule has 0 N–H and O–H groups in total. The van der Waals surface area contributed by atoms with Crippen molar-refractivity contribution in [3.63, 3.8) is 0 Å². The molecule has 0 spiro atoms. The molecule has 0 aromatic heterocycles. The van der Waals surface area contributed by atoms with Gasteiger partial charge in [0.25, 0.3) is 0 Å². The first-order chi connectivity index (χ1) is 10.7. The molecule has 1 aromatic carbocycles. The van der Waals surface area contributed by atoms with Crippen LogP contribution in [-0.4, -0.2) is 6.10 Å². The van der Waals surface area contributed by atoms with E-state index in [4.69, 9.17) is 4.74 Å². The molecule has 2 atom stereocenters. The van der Waals surface area contributed by atoms with Crippen LogP contribution in [0.1, 0.15) is 71.8 Å². The largest absolute Gasteiger partial charge is 0.373 e. The van der Waals surface area contributed by atoms with Crippen LogP contribution in [0.3, 0.4) is 0 Å². The molecular formula is C21H34O. The molecule has 0 bridgehead atoms. The Bertz CT molecular complexity index is 403. The van der Waals surface area contributed by atoms with Crippen molar-refractivity contribution < 1.29 is 4.74 Å². The van der Waals surface area contributed by atoms with Gasteiger partial charge < -0.3 is 4.74 Å². The van der Waals surface area contributed by atoms with Gasteiger partial charge in [0.2, 0.25) is 0 Å². The maximum Gasteiger partial charge on any atom is 0.0720 e. The first-order valence-corrected chi connectivity index (χ1v) is 8.97. The summed E-state index contributed by atoms with van der Waals surface area (Å²) in [7, 11) is 0. The number of benzene rings is 1. The van der Waals surface area contributed by atoms with Crippen molar-refractivity contribution in [3.8, 4) is 0 Å². The molecule has 0 radical (unpaired) electrons. The summed E-state index contributed by atoms with van der Waals surface area (Å²) in [5.74, 6) is 0.556. The van der Waals surface area contributed by atoms with Crippen LogP contribution >= 0.6 is 0 Å². The highest BCUT2D eigenvalue weighted by atomic mass is 16.5. The van der Waals surface area contributed by atoms with Crippen molar-refractivity contribution in [2.24, 2.45) is 5.92 Å². The van der Waals surface area contributed by atoms with Gasteiger partial charge in [0.1, 0.15) is 0 Å². The van der Waals surface area contributed by atoms with Gasteiger partial charge in [0.05, 0.1) is 12.7 Å². The highest BCUT2D eigenvalue weighted by Crippen LogP contribution is 2.24. The second-order valence-corrected chi connectivity index (χ2v) is 6.53. The van der Waals surface area contributed by atoms with Crippen LogP contribution in [0, 0.1) is 5.92 Å². The Morgan fingerprint density at radius 3 is 2.23 bits per heavy atom. The summed E-state index contributed by atoms with van der Waals surface area (Å²) < 4.78 is 6.35. The zero-order valence-corrected chi connectivity index (χ0v) is 15.0. The third-order valence-electron chi connectivity index (χ3n) is 4.07. The van der Waals surface area contributed by atoms with Crippen LogP contribution in [0.25, 0.3) is 0 Å². The third kappa shape index (κ3) is 7.79. The van der Waals surface area contributed by atoms with E-state index in [0.717, 1.165) is 6.61 Å². The van der Waals surface area contributed by atoms with Gasteiger partial charge in [-0.05, 0) is 32.3 Å². The highest BCUT2D eigenvalue weighted by molar-refractivity contribution is 5.13. The molecular weight excluding hydrogens is 268 g/mol. The molecule has 124 valence electrons. The second-order valence-electron chi connectivity index (χ2n) is 6.53. The van der Waals surface area contributed by atoms with Gasteiger partial charge in [-0.25, -0.2) is 0 Å². The molecule has 0 saturated heterocycles. The minimum atomic E-state index is 0.349. The topological polar surface area (TPSA) is 9.23 Å². The normalized spacial score (nSPS) is 13.6. The zero-order chi connectivity index (χ0) is 16.2. The Labute approximate surface area is 137 Å². The van der Waals surface area contributed by atoms with Crippen LogP contribution < -0.4 is 0 Å². The fourth-order valence-electron chi connectivity index (χ4n) is 2.85. The molecule has 1 aromatic rings. The van der Waals surface area contributed by atoms with Crippen LogP contribution in [-0.2, 0) is 11.3 Å². The van der Waals surface area contributed by atoms with Gasteiger partial charge in [-0.15, -0.1) is 0 Å². The number of ether oxygens (including phenoxy) is 1. The summed E-state index contributed by atoms with van der Waals surface area (Å²) in [5, 5.41) is 0. The van der Waals surface area contributed by atoms with Gasteiger partial charge in [-0.2, -0.15) is 0 Å². The SMILES string of the molecule is CCCC[C@H](OCc1ccccc1)[C@@H](C=C(C)C)CCCC. The summed E-state index contributed by atoms with van der Waals surface area (Å²) in [6.45, 7) is 9.66. The minimum Gasteiger partial charge on any atom is -0.373 e. The summed E-state index contributed by atoms with van der Waals surface area (Å²) in [5.41, 5.74) is 2.68. The zero-order valence-electron chi connectivity index (χ0n) is 15.0. The number of hydrogen-bond donors (Lipinski definition) is 0. The summed E-state index contributed by atoms with van der Waals surface area (Å²) >= 11 is 0. The number of unbranched alkanes of at least 4 members (excludes halogenated alkanes) is 2. The number of hydrogen-bond acceptors (Lipinski definition) is 1. The quantitative estimate of drug-likeness (QED) is 0.422. The number of rotatable bonds is 11. The van der Waals surface area contributed by atoms with Crippen molar-refractivity contribution in [1.82, 2.24) is 0 Å². The second kappa shape index (κ2) is 11.5. The molecule has 1 heteroatoms. The first kappa shape index (κ1) is 19.0. The molecule has 1 rings (SSSR count). The fourth-order valence-corrected chi connectivity index (χ4v) is 2.85. The molecule has 22 heavy (non-hydrogen) atoms. The van der Waals surface area contributed by atoms with Crippen LogP contribution in [0.5, 0.6) is 0 Å². The predicted molar refractivity (Wildman–Crippen MR) is 97.0 cm³/mol.